The Morgan fingerprint density at radius 3 is 2.74 bits per heavy atom. The Labute approximate surface area is 111 Å². The van der Waals surface area contributed by atoms with Gasteiger partial charge in [-0.15, -0.1) is 0 Å². The standard InChI is InChI=1S/C14H17N3O2/c1-19-12-6-2-10(3-7-12)8-9-17-13(11-4-5-11)15-16-14(17)18/h2-3,6-7,11H,4-5,8-9H2,1H3,(H,16,18). The molecule has 0 spiro atoms. The van der Waals surface area contributed by atoms with Gasteiger partial charge in [-0.1, -0.05) is 12.1 Å². The highest BCUT2D eigenvalue weighted by Crippen LogP contribution is 2.38. The topological polar surface area (TPSA) is 59.9 Å². The number of hydrogen-bond donors (Lipinski definition) is 1. The van der Waals surface area contributed by atoms with E-state index >= 15 is 0 Å². The lowest BCUT2D eigenvalue weighted by Gasteiger charge is -2.06. The number of nitrogens with zero attached hydrogens (tertiary/aromatic N) is 2. The van der Waals surface area contributed by atoms with Gasteiger partial charge in [0, 0.05) is 12.5 Å². The number of H-pyrrole nitrogens is 1. The molecule has 0 saturated heterocycles. The molecule has 1 fully saturated rings. The van der Waals surface area contributed by atoms with Crippen molar-refractivity contribution in [3.05, 3.63) is 46.1 Å². The lowest BCUT2D eigenvalue weighted by molar-refractivity contribution is 0.414. The zero-order valence-corrected chi connectivity index (χ0v) is 10.9. The summed E-state index contributed by atoms with van der Waals surface area (Å²) in [5, 5.41) is 6.67. The molecule has 0 radical (unpaired) electrons. The molecule has 5 nitrogen and oxygen atoms in total. The van der Waals surface area contributed by atoms with Crippen LogP contribution in [0.25, 0.3) is 0 Å². The summed E-state index contributed by atoms with van der Waals surface area (Å²) in [5.41, 5.74) is 1.09. The third-order valence-electron chi connectivity index (χ3n) is 3.51. The predicted molar refractivity (Wildman–Crippen MR) is 71.5 cm³/mol. The quantitative estimate of drug-likeness (QED) is 0.889. The van der Waals surface area contributed by atoms with Crippen molar-refractivity contribution in [3.8, 4) is 5.75 Å². The van der Waals surface area contributed by atoms with Gasteiger partial charge in [0.2, 0.25) is 0 Å². The number of methoxy groups -OCH3 is 1. The molecule has 1 aliphatic carbocycles. The van der Waals surface area contributed by atoms with Gasteiger partial charge in [-0.25, -0.2) is 9.89 Å². The number of rotatable bonds is 5. The molecule has 19 heavy (non-hydrogen) atoms. The van der Waals surface area contributed by atoms with Gasteiger partial charge in [0.15, 0.2) is 0 Å². The number of ether oxygens (including phenoxy) is 1. The molecule has 2 aromatic rings. The molecule has 1 aliphatic rings. The van der Waals surface area contributed by atoms with E-state index in [4.69, 9.17) is 4.74 Å². The van der Waals surface area contributed by atoms with Gasteiger partial charge in [-0.2, -0.15) is 5.10 Å². The molecule has 1 heterocycles. The molecule has 100 valence electrons. The van der Waals surface area contributed by atoms with Crippen molar-refractivity contribution in [1.82, 2.24) is 14.8 Å². The van der Waals surface area contributed by atoms with Crippen LogP contribution in [0.2, 0.25) is 0 Å². The largest absolute Gasteiger partial charge is 0.497 e. The molecule has 1 aromatic carbocycles. The molecule has 0 aliphatic heterocycles. The minimum absolute atomic E-state index is 0.101. The Hall–Kier alpha value is -2.04. The lowest BCUT2D eigenvalue weighted by atomic mass is 10.1. The van der Waals surface area contributed by atoms with Crippen LogP contribution in [0.4, 0.5) is 0 Å². The van der Waals surface area contributed by atoms with Crippen molar-refractivity contribution in [3.63, 3.8) is 0 Å². The summed E-state index contributed by atoms with van der Waals surface area (Å²) in [5.74, 6) is 2.25. The molecular weight excluding hydrogens is 242 g/mol. The van der Waals surface area contributed by atoms with E-state index in [0.29, 0.717) is 12.5 Å². The average Bonchev–Trinajstić information content (AvgIpc) is 3.22. The van der Waals surface area contributed by atoms with Crippen LogP contribution >= 0.6 is 0 Å². The summed E-state index contributed by atoms with van der Waals surface area (Å²) < 4.78 is 6.89. The van der Waals surface area contributed by atoms with E-state index in [2.05, 4.69) is 10.2 Å². The first-order valence-corrected chi connectivity index (χ1v) is 6.56. The number of benzene rings is 1. The molecule has 1 saturated carbocycles. The minimum atomic E-state index is -0.101. The van der Waals surface area contributed by atoms with Crippen LogP contribution in [-0.2, 0) is 13.0 Å². The second-order valence-corrected chi connectivity index (χ2v) is 4.91. The fraction of sp³-hybridized carbons (Fsp3) is 0.429. The molecule has 1 aromatic heterocycles. The second-order valence-electron chi connectivity index (χ2n) is 4.91. The zero-order chi connectivity index (χ0) is 13.2. The minimum Gasteiger partial charge on any atom is -0.497 e. The third kappa shape index (κ3) is 2.54. The molecule has 3 rings (SSSR count). The van der Waals surface area contributed by atoms with Crippen molar-refractivity contribution in [1.29, 1.82) is 0 Å². The van der Waals surface area contributed by atoms with Crippen LogP contribution in [0.1, 0.15) is 30.1 Å². The van der Waals surface area contributed by atoms with Crippen LogP contribution in [-0.4, -0.2) is 21.9 Å². The van der Waals surface area contributed by atoms with Crippen molar-refractivity contribution >= 4 is 0 Å². The maximum Gasteiger partial charge on any atom is 0.343 e. The van der Waals surface area contributed by atoms with E-state index in [1.807, 2.05) is 24.3 Å². The van der Waals surface area contributed by atoms with Gasteiger partial charge in [0.05, 0.1) is 7.11 Å². The molecule has 0 bridgehead atoms. The van der Waals surface area contributed by atoms with E-state index < -0.39 is 0 Å². The fourth-order valence-electron chi connectivity index (χ4n) is 2.23. The van der Waals surface area contributed by atoms with Gasteiger partial charge < -0.3 is 4.74 Å². The van der Waals surface area contributed by atoms with Gasteiger partial charge in [0.1, 0.15) is 11.6 Å². The van der Waals surface area contributed by atoms with Crippen LogP contribution in [0.15, 0.2) is 29.1 Å². The van der Waals surface area contributed by atoms with Crippen LogP contribution in [0.5, 0.6) is 5.75 Å². The Kier molecular flexibility index (Phi) is 3.11. The second kappa shape index (κ2) is 4.91. The summed E-state index contributed by atoms with van der Waals surface area (Å²) in [6.07, 6.45) is 3.11. The molecule has 5 heteroatoms. The van der Waals surface area contributed by atoms with E-state index in [1.54, 1.807) is 11.7 Å². The normalized spacial score (nSPS) is 14.6. The van der Waals surface area contributed by atoms with E-state index in [9.17, 15) is 4.79 Å². The maximum absolute atomic E-state index is 11.7. The molecule has 0 amide bonds. The zero-order valence-electron chi connectivity index (χ0n) is 10.9. The maximum atomic E-state index is 11.7. The smallest absolute Gasteiger partial charge is 0.343 e. The Morgan fingerprint density at radius 1 is 1.37 bits per heavy atom. The highest BCUT2D eigenvalue weighted by molar-refractivity contribution is 5.27. The number of nitrogens with one attached hydrogen (secondary N) is 1. The summed E-state index contributed by atoms with van der Waals surface area (Å²) >= 11 is 0. The highest BCUT2D eigenvalue weighted by atomic mass is 16.5. The van der Waals surface area contributed by atoms with E-state index in [0.717, 1.165) is 30.8 Å². The van der Waals surface area contributed by atoms with Crippen molar-refractivity contribution < 1.29 is 4.74 Å². The first kappa shape index (κ1) is 12.0. The van der Waals surface area contributed by atoms with E-state index in [1.165, 1.54) is 5.56 Å². The number of hydrogen-bond acceptors (Lipinski definition) is 3. The fourth-order valence-corrected chi connectivity index (χ4v) is 2.23. The van der Waals surface area contributed by atoms with Crippen LogP contribution < -0.4 is 10.4 Å². The monoisotopic (exact) mass is 259 g/mol. The third-order valence-corrected chi connectivity index (χ3v) is 3.51. The van der Waals surface area contributed by atoms with Gasteiger partial charge in [0.25, 0.3) is 0 Å². The van der Waals surface area contributed by atoms with Crippen molar-refractivity contribution in [2.24, 2.45) is 0 Å². The molecule has 0 atom stereocenters. The van der Waals surface area contributed by atoms with Crippen LogP contribution in [0, 0.1) is 0 Å². The Morgan fingerprint density at radius 2 is 2.11 bits per heavy atom. The average molecular weight is 259 g/mol. The highest BCUT2D eigenvalue weighted by Gasteiger charge is 2.29. The number of aromatic nitrogens is 3. The number of aryl methyl sites for hydroxylation is 1. The van der Waals surface area contributed by atoms with E-state index in [-0.39, 0.29) is 5.69 Å². The first-order chi connectivity index (χ1) is 9.28. The molecule has 0 unspecified atom stereocenters. The summed E-state index contributed by atoms with van der Waals surface area (Å²) in [6.45, 7) is 0.674. The van der Waals surface area contributed by atoms with Gasteiger partial charge >= 0.3 is 5.69 Å². The van der Waals surface area contributed by atoms with Gasteiger partial charge in [-0.3, -0.25) is 4.57 Å². The molecule has 1 N–H and O–H groups in total. The first-order valence-electron chi connectivity index (χ1n) is 6.56. The Bertz CT molecular complexity index is 608. The van der Waals surface area contributed by atoms with Gasteiger partial charge in [-0.05, 0) is 37.0 Å². The SMILES string of the molecule is COc1ccc(CCn2c(C3CC3)n[nH]c2=O)cc1. The van der Waals surface area contributed by atoms with Crippen LogP contribution in [0.3, 0.4) is 0 Å². The lowest BCUT2D eigenvalue weighted by Crippen LogP contribution is -2.20. The predicted octanol–water partition coefficient (Wildman–Crippen LogP) is 1.70. The summed E-state index contributed by atoms with van der Waals surface area (Å²) in [6, 6.07) is 7.94. The number of aromatic amines is 1. The summed E-state index contributed by atoms with van der Waals surface area (Å²) in [4.78, 5) is 11.7. The Balaban J connectivity index is 1.71. The summed E-state index contributed by atoms with van der Waals surface area (Å²) in [7, 11) is 1.65. The van der Waals surface area contributed by atoms with Crippen molar-refractivity contribution in [2.75, 3.05) is 7.11 Å². The molecular formula is C14H17N3O2. The van der Waals surface area contributed by atoms with Crippen molar-refractivity contribution in [2.45, 2.75) is 31.7 Å².